The van der Waals surface area contributed by atoms with Gasteiger partial charge in [0, 0.05) is 39.3 Å². The molecule has 2 aliphatic rings. The van der Waals surface area contributed by atoms with E-state index in [0.29, 0.717) is 13.1 Å². The Morgan fingerprint density at radius 2 is 0.921 bits per heavy atom. The van der Waals surface area contributed by atoms with Gasteiger partial charge >= 0.3 is 0 Å². The van der Waals surface area contributed by atoms with Gasteiger partial charge in [-0.2, -0.15) is 0 Å². The predicted octanol–water partition coefficient (Wildman–Crippen LogP) is 1.35. The molecule has 4 rings (SSSR count). The fraction of sp³-hybridized carbons (Fsp3) is 0.538. The van der Waals surface area contributed by atoms with Gasteiger partial charge in [0.05, 0.1) is 36.2 Å². The standard InChI is InChI=1S/C26H38N4O6S2/c31-37(32,27-11-1-13-29-15-19-35-20-16-29)25-7-3-23(4-8-25)24-5-9-26(10-6-24)38(33,34)28-12-2-14-30-17-21-36-22-18-30/h3-10,27-28H,1-2,11-22H2. The van der Waals surface area contributed by atoms with E-state index >= 15 is 0 Å². The van der Waals surface area contributed by atoms with Gasteiger partial charge in [-0.3, -0.25) is 9.80 Å². The number of rotatable bonds is 13. The summed E-state index contributed by atoms with van der Waals surface area (Å²) >= 11 is 0. The van der Waals surface area contributed by atoms with Crippen LogP contribution in [0.5, 0.6) is 0 Å². The van der Waals surface area contributed by atoms with Crippen molar-refractivity contribution in [3.63, 3.8) is 0 Å². The molecule has 2 aliphatic heterocycles. The van der Waals surface area contributed by atoms with Crippen molar-refractivity contribution in [1.29, 1.82) is 0 Å². The molecule has 0 aromatic heterocycles. The molecule has 0 radical (unpaired) electrons. The first-order chi connectivity index (χ1) is 18.3. The lowest BCUT2D eigenvalue weighted by atomic mass is 10.1. The number of nitrogens with zero attached hydrogens (tertiary/aromatic N) is 2. The van der Waals surface area contributed by atoms with Crippen LogP contribution in [0.3, 0.4) is 0 Å². The number of ether oxygens (including phenoxy) is 2. The second-order valence-electron chi connectivity index (χ2n) is 9.46. The maximum absolute atomic E-state index is 12.7. The third kappa shape index (κ3) is 8.55. The first-order valence-electron chi connectivity index (χ1n) is 13.1. The molecule has 2 saturated heterocycles. The minimum atomic E-state index is -3.60. The van der Waals surface area contributed by atoms with Crippen molar-refractivity contribution in [3.05, 3.63) is 48.5 Å². The van der Waals surface area contributed by atoms with E-state index in [2.05, 4.69) is 19.2 Å². The molecular formula is C26H38N4O6S2. The number of hydrogen-bond acceptors (Lipinski definition) is 8. The van der Waals surface area contributed by atoms with E-state index in [1.165, 1.54) is 0 Å². The molecule has 210 valence electrons. The average molecular weight is 567 g/mol. The van der Waals surface area contributed by atoms with E-state index in [9.17, 15) is 16.8 Å². The van der Waals surface area contributed by atoms with Crippen molar-refractivity contribution in [2.45, 2.75) is 22.6 Å². The Balaban J connectivity index is 1.25. The van der Waals surface area contributed by atoms with Gasteiger partial charge < -0.3 is 9.47 Å². The molecule has 0 bridgehead atoms. The van der Waals surface area contributed by atoms with Gasteiger partial charge in [-0.15, -0.1) is 0 Å². The highest BCUT2D eigenvalue weighted by molar-refractivity contribution is 7.89. The Hall–Kier alpha value is -1.90. The lowest BCUT2D eigenvalue weighted by Crippen LogP contribution is -2.38. The summed E-state index contributed by atoms with van der Waals surface area (Å²) in [7, 11) is -7.19. The monoisotopic (exact) mass is 566 g/mol. The largest absolute Gasteiger partial charge is 0.379 e. The molecule has 0 unspecified atom stereocenters. The smallest absolute Gasteiger partial charge is 0.240 e. The molecule has 0 aliphatic carbocycles. The van der Waals surface area contributed by atoms with Gasteiger partial charge in [-0.25, -0.2) is 26.3 Å². The van der Waals surface area contributed by atoms with Crippen molar-refractivity contribution in [1.82, 2.24) is 19.2 Å². The Morgan fingerprint density at radius 1 is 0.579 bits per heavy atom. The summed E-state index contributed by atoms with van der Waals surface area (Å²) in [6, 6.07) is 13.2. The maximum Gasteiger partial charge on any atom is 0.240 e. The molecule has 12 heteroatoms. The van der Waals surface area contributed by atoms with Crippen LogP contribution < -0.4 is 9.44 Å². The van der Waals surface area contributed by atoms with Gasteiger partial charge in [0.1, 0.15) is 0 Å². The van der Waals surface area contributed by atoms with Crippen LogP contribution in [-0.2, 0) is 29.5 Å². The Kier molecular flexibility index (Phi) is 10.7. The van der Waals surface area contributed by atoms with E-state index in [0.717, 1.165) is 89.7 Å². The topological polar surface area (TPSA) is 117 Å². The van der Waals surface area contributed by atoms with E-state index in [1.807, 2.05) is 0 Å². The third-order valence-corrected chi connectivity index (χ3v) is 9.71. The predicted molar refractivity (Wildman–Crippen MR) is 146 cm³/mol. The van der Waals surface area contributed by atoms with Crippen molar-refractivity contribution in [3.8, 4) is 11.1 Å². The number of benzene rings is 2. The molecule has 0 saturated carbocycles. The minimum absolute atomic E-state index is 0.202. The van der Waals surface area contributed by atoms with Gasteiger partial charge in [-0.1, -0.05) is 24.3 Å². The summed E-state index contributed by atoms with van der Waals surface area (Å²) in [5.74, 6) is 0. The zero-order chi connectivity index (χ0) is 26.8. The van der Waals surface area contributed by atoms with Gasteiger partial charge in [-0.05, 0) is 61.3 Å². The average Bonchev–Trinajstić information content (AvgIpc) is 2.95. The quantitative estimate of drug-likeness (QED) is 0.349. The molecule has 38 heavy (non-hydrogen) atoms. The highest BCUT2D eigenvalue weighted by Crippen LogP contribution is 2.23. The summed E-state index contributed by atoms with van der Waals surface area (Å²) in [6.45, 7) is 8.84. The first kappa shape index (κ1) is 29.1. The molecule has 2 aromatic rings. The lowest BCUT2D eigenvalue weighted by molar-refractivity contribution is 0.0375. The Labute approximate surface area is 226 Å². The normalized spacial score (nSPS) is 18.0. The van der Waals surface area contributed by atoms with Crippen LogP contribution in [0.25, 0.3) is 11.1 Å². The lowest BCUT2D eigenvalue weighted by Gasteiger charge is -2.26. The number of nitrogens with one attached hydrogen (secondary N) is 2. The van der Waals surface area contributed by atoms with Crippen LogP contribution in [0.4, 0.5) is 0 Å². The Morgan fingerprint density at radius 3 is 1.26 bits per heavy atom. The zero-order valence-electron chi connectivity index (χ0n) is 21.7. The summed E-state index contributed by atoms with van der Waals surface area (Å²) < 4.78 is 66.6. The summed E-state index contributed by atoms with van der Waals surface area (Å²) in [5.41, 5.74) is 1.61. The van der Waals surface area contributed by atoms with E-state index in [1.54, 1.807) is 48.5 Å². The van der Waals surface area contributed by atoms with Crippen molar-refractivity contribution in [2.75, 3.05) is 78.8 Å². The molecule has 0 spiro atoms. The van der Waals surface area contributed by atoms with Gasteiger partial charge in [0.25, 0.3) is 0 Å². The molecule has 0 atom stereocenters. The number of morpholine rings is 2. The van der Waals surface area contributed by atoms with Crippen LogP contribution >= 0.6 is 0 Å². The summed E-state index contributed by atoms with van der Waals surface area (Å²) in [4.78, 5) is 4.94. The first-order valence-corrected chi connectivity index (χ1v) is 16.1. The molecule has 10 nitrogen and oxygen atoms in total. The van der Waals surface area contributed by atoms with Gasteiger partial charge in [0.2, 0.25) is 20.0 Å². The second-order valence-corrected chi connectivity index (χ2v) is 13.0. The highest BCUT2D eigenvalue weighted by Gasteiger charge is 2.17. The highest BCUT2D eigenvalue weighted by atomic mass is 32.2. The zero-order valence-corrected chi connectivity index (χ0v) is 23.3. The van der Waals surface area contributed by atoms with E-state index in [4.69, 9.17) is 9.47 Å². The fourth-order valence-electron chi connectivity index (χ4n) is 4.49. The van der Waals surface area contributed by atoms with Crippen molar-refractivity contribution < 1.29 is 26.3 Å². The van der Waals surface area contributed by atoms with Crippen LogP contribution in [-0.4, -0.2) is 105 Å². The van der Waals surface area contributed by atoms with Crippen molar-refractivity contribution >= 4 is 20.0 Å². The van der Waals surface area contributed by atoms with E-state index < -0.39 is 20.0 Å². The summed E-state index contributed by atoms with van der Waals surface area (Å²) in [6.07, 6.45) is 1.46. The van der Waals surface area contributed by atoms with Crippen LogP contribution in [0.2, 0.25) is 0 Å². The van der Waals surface area contributed by atoms with Crippen LogP contribution in [0.15, 0.2) is 58.3 Å². The minimum Gasteiger partial charge on any atom is -0.379 e. The summed E-state index contributed by atoms with van der Waals surface area (Å²) in [5, 5.41) is 0. The Bertz CT molecular complexity index is 1110. The SMILES string of the molecule is O=S(=O)(NCCCN1CCOCC1)c1ccc(-c2ccc(S(=O)(=O)NCCCN3CCOCC3)cc2)cc1. The third-order valence-electron chi connectivity index (χ3n) is 6.76. The molecule has 0 amide bonds. The number of sulfonamides is 2. The van der Waals surface area contributed by atoms with Crippen molar-refractivity contribution in [2.24, 2.45) is 0 Å². The van der Waals surface area contributed by atoms with Crippen LogP contribution in [0.1, 0.15) is 12.8 Å². The van der Waals surface area contributed by atoms with Gasteiger partial charge in [0.15, 0.2) is 0 Å². The molecule has 2 aromatic carbocycles. The van der Waals surface area contributed by atoms with Crippen LogP contribution in [0, 0.1) is 0 Å². The molecule has 2 fully saturated rings. The second kappa shape index (κ2) is 13.9. The molecule has 2 N–H and O–H groups in total. The maximum atomic E-state index is 12.7. The fourth-order valence-corrected chi connectivity index (χ4v) is 6.64. The molecule has 2 heterocycles. The molecular weight excluding hydrogens is 528 g/mol. The number of hydrogen-bond donors (Lipinski definition) is 2. The van der Waals surface area contributed by atoms with E-state index in [-0.39, 0.29) is 9.79 Å².